The molecule has 0 fully saturated rings. The van der Waals surface area contributed by atoms with Crippen LogP contribution in [0.5, 0.6) is 0 Å². The molecule has 0 aliphatic rings. The van der Waals surface area contributed by atoms with Crippen molar-refractivity contribution >= 4 is 0 Å². The van der Waals surface area contributed by atoms with Gasteiger partial charge >= 0.3 is 0 Å². The average Bonchev–Trinajstić information content (AvgIpc) is 2.21. The largest absolute Gasteiger partial charge is 0.390 e. The highest BCUT2D eigenvalue weighted by molar-refractivity contribution is 5.16. The van der Waals surface area contributed by atoms with E-state index in [4.69, 9.17) is 5.11 Å². The zero-order valence-electron chi connectivity index (χ0n) is 8.91. The molecule has 0 aliphatic heterocycles. The first-order valence-electron chi connectivity index (χ1n) is 4.79. The van der Waals surface area contributed by atoms with Gasteiger partial charge in [0.1, 0.15) is 0 Å². The number of hydrogen-bond donors (Lipinski definition) is 1. The maximum atomic E-state index is 8.70. The topological polar surface area (TPSA) is 33.1 Å². The summed E-state index contributed by atoms with van der Waals surface area (Å²) in [6.07, 6.45) is 1.82. The minimum Gasteiger partial charge on any atom is -0.390 e. The Morgan fingerprint density at radius 2 is 1.92 bits per heavy atom. The maximum absolute atomic E-state index is 8.70. The Morgan fingerprint density at radius 1 is 1.31 bits per heavy atom. The van der Waals surface area contributed by atoms with Crippen LogP contribution in [0, 0.1) is 0 Å². The van der Waals surface area contributed by atoms with Crippen molar-refractivity contribution in [2.45, 2.75) is 40.2 Å². The first kappa shape index (κ1) is 12.1. The Bertz CT molecular complexity index is 216. The van der Waals surface area contributed by atoms with Crippen LogP contribution in [0.3, 0.4) is 0 Å². The lowest BCUT2D eigenvalue weighted by molar-refractivity contribution is 0.277. The van der Waals surface area contributed by atoms with Gasteiger partial charge in [0.05, 0.1) is 12.3 Å². The molecule has 0 atom stereocenters. The van der Waals surface area contributed by atoms with Crippen LogP contribution in [-0.4, -0.2) is 10.1 Å². The van der Waals surface area contributed by atoms with Crippen molar-refractivity contribution in [1.29, 1.82) is 0 Å². The second-order valence-electron chi connectivity index (χ2n) is 2.90. The molecule has 0 unspecified atom stereocenters. The predicted octanol–water partition coefficient (Wildman–Crippen LogP) is 2.72. The molecule has 1 heterocycles. The SMILES string of the molecule is CC.CC(C)c1ccc(CO)nc1. The molecule has 0 saturated carbocycles. The van der Waals surface area contributed by atoms with Crippen molar-refractivity contribution in [2.24, 2.45) is 0 Å². The van der Waals surface area contributed by atoms with Crippen LogP contribution in [0.1, 0.15) is 44.9 Å². The lowest BCUT2D eigenvalue weighted by Gasteiger charge is -2.03. The van der Waals surface area contributed by atoms with Gasteiger partial charge in [-0.3, -0.25) is 4.98 Å². The molecule has 0 aliphatic carbocycles. The quantitative estimate of drug-likeness (QED) is 0.761. The average molecular weight is 181 g/mol. The lowest BCUT2D eigenvalue weighted by Crippen LogP contribution is -1.92. The highest BCUT2D eigenvalue weighted by atomic mass is 16.3. The van der Waals surface area contributed by atoms with Gasteiger partial charge in [0, 0.05) is 6.20 Å². The number of aromatic nitrogens is 1. The number of pyridine rings is 1. The third-order valence-electron chi connectivity index (χ3n) is 1.68. The van der Waals surface area contributed by atoms with Crippen LogP contribution in [-0.2, 0) is 6.61 Å². The summed E-state index contributed by atoms with van der Waals surface area (Å²) in [6.45, 7) is 8.27. The molecule has 0 saturated heterocycles. The molecule has 0 aromatic carbocycles. The third-order valence-corrected chi connectivity index (χ3v) is 1.68. The molecule has 1 aromatic heterocycles. The van der Waals surface area contributed by atoms with E-state index in [1.54, 1.807) is 0 Å². The van der Waals surface area contributed by atoms with E-state index in [-0.39, 0.29) is 6.61 Å². The van der Waals surface area contributed by atoms with E-state index in [9.17, 15) is 0 Å². The fraction of sp³-hybridized carbons (Fsp3) is 0.545. The molecule has 13 heavy (non-hydrogen) atoms. The summed E-state index contributed by atoms with van der Waals surface area (Å²) in [4.78, 5) is 4.07. The van der Waals surface area contributed by atoms with Crippen LogP contribution in [0.4, 0.5) is 0 Å². The smallest absolute Gasteiger partial charge is 0.0852 e. The Morgan fingerprint density at radius 3 is 2.23 bits per heavy atom. The van der Waals surface area contributed by atoms with Crippen molar-refractivity contribution in [3.8, 4) is 0 Å². The van der Waals surface area contributed by atoms with Gasteiger partial charge in [0.25, 0.3) is 0 Å². The third kappa shape index (κ3) is 4.04. The zero-order valence-corrected chi connectivity index (χ0v) is 8.91. The molecule has 0 radical (unpaired) electrons. The summed E-state index contributed by atoms with van der Waals surface area (Å²) in [5, 5.41) is 8.70. The van der Waals surface area contributed by atoms with Crippen LogP contribution in [0.15, 0.2) is 18.3 Å². The number of aliphatic hydroxyl groups is 1. The van der Waals surface area contributed by atoms with Gasteiger partial charge < -0.3 is 5.11 Å². The van der Waals surface area contributed by atoms with Gasteiger partial charge in [-0.2, -0.15) is 0 Å². The van der Waals surface area contributed by atoms with E-state index in [1.807, 2.05) is 32.2 Å². The Hall–Kier alpha value is -0.890. The van der Waals surface area contributed by atoms with E-state index in [0.29, 0.717) is 5.92 Å². The van der Waals surface area contributed by atoms with E-state index in [1.165, 1.54) is 5.56 Å². The lowest BCUT2D eigenvalue weighted by atomic mass is 10.1. The highest BCUT2D eigenvalue weighted by Gasteiger charge is 1.98. The summed E-state index contributed by atoms with van der Waals surface area (Å²) < 4.78 is 0. The minimum atomic E-state index is 0.0262. The summed E-state index contributed by atoms with van der Waals surface area (Å²) in [7, 11) is 0. The standard InChI is InChI=1S/C9H13NO.C2H6/c1-7(2)8-3-4-9(6-11)10-5-8;1-2/h3-5,7,11H,6H2,1-2H3;1-2H3. The Labute approximate surface area is 80.6 Å². The molecule has 1 N–H and O–H groups in total. The van der Waals surface area contributed by atoms with E-state index < -0.39 is 0 Å². The molecule has 0 spiro atoms. The summed E-state index contributed by atoms with van der Waals surface area (Å²) in [6, 6.07) is 3.86. The van der Waals surface area contributed by atoms with Crippen molar-refractivity contribution in [3.63, 3.8) is 0 Å². The summed E-state index contributed by atoms with van der Waals surface area (Å²) in [5.74, 6) is 0.509. The minimum absolute atomic E-state index is 0.0262. The van der Waals surface area contributed by atoms with Crippen LogP contribution in [0.25, 0.3) is 0 Å². The van der Waals surface area contributed by atoms with Gasteiger partial charge in [-0.15, -0.1) is 0 Å². The molecule has 74 valence electrons. The molecule has 2 heteroatoms. The normalized spacial score (nSPS) is 9.38. The van der Waals surface area contributed by atoms with Crippen molar-refractivity contribution in [1.82, 2.24) is 4.98 Å². The maximum Gasteiger partial charge on any atom is 0.0852 e. The first-order chi connectivity index (χ1) is 6.24. The van der Waals surface area contributed by atoms with Gasteiger partial charge in [-0.1, -0.05) is 33.8 Å². The molecule has 2 nitrogen and oxygen atoms in total. The van der Waals surface area contributed by atoms with Crippen molar-refractivity contribution in [3.05, 3.63) is 29.6 Å². The molecule has 0 bridgehead atoms. The fourth-order valence-corrected chi connectivity index (χ4v) is 0.871. The number of rotatable bonds is 2. The van der Waals surface area contributed by atoms with Crippen LogP contribution in [0.2, 0.25) is 0 Å². The van der Waals surface area contributed by atoms with Crippen LogP contribution >= 0.6 is 0 Å². The molecule has 1 aromatic rings. The van der Waals surface area contributed by atoms with Crippen molar-refractivity contribution in [2.75, 3.05) is 0 Å². The summed E-state index contributed by atoms with van der Waals surface area (Å²) in [5.41, 5.74) is 1.94. The molecule has 0 amide bonds. The van der Waals surface area contributed by atoms with E-state index in [2.05, 4.69) is 18.8 Å². The Balaban J connectivity index is 0.000000671. The fourth-order valence-electron chi connectivity index (χ4n) is 0.871. The monoisotopic (exact) mass is 181 g/mol. The van der Waals surface area contributed by atoms with Gasteiger partial charge in [-0.25, -0.2) is 0 Å². The van der Waals surface area contributed by atoms with Gasteiger partial charge in [0.2, 0.25) is 0 Å². The molecule has 1 rings (SSSR count). The second kappa shape index (κ2) is 6.61. The van der Waals surface area contributed by atoms with E-state index in [0.717, 1.165) is 5.69 Å². The van der Waals surface area contributed by atoms with E-state index >= 15 is 0 Å². The first-order valence-corrected chi connectivity index (χ1v) is 4.79. The zero-order chi connectivity index (χ0) is 10.3. The number of hydrogen-bond acceptors (Lipinski definition) is 2. The van der Waals surface area contributed by atoms with Crippen LogP contribution < -0.4 is 0 Å². The second-order valence-corrected chi connectivity index (χ2v) is 2.90. The van der Waals surface area contributed by atoms with Gasteiger partial charge in [-0.05, 0) is 17.5 Å². The predicted molar refractivity (Wildman–Crippen MR) is 55.6 cm³/mol. The number of nitrogens with zero attached hydrogens (tertiary/aromatic N) is 1. The molecular formula is C11H19NO. The van der Waals surface area contributed by atoms with Crippen molar-refractivity contribution < 1.29 is 5.11 Å². The highest BCUT2D eigenvalue weighted by Crippen LogP contribution is 2.12. The molecular weight excluding hydrogens is 162 g/mol. The number of aliphatic hydroxyl groups excluding tert-OH is 1. The Kier molecular flexibility index (Phi) is 6.15. The van der Waals surface area contributed by atoms with Gasteiger partial charge in [0.15, 0.2) is 0 Å². The summed E-state index contributed by atoms with van der Waals surface area (Å²) >= 11 is 0.